The lowest BCUT2D eigenvalue weighted by Gasteiger charge is -2.53. The van der Waals surface area contributed by atoms with E-state index in [1.54, 1.807) is 0 Å². The van der Waals surface area contributed by atoms with E-state index in [0.717, 1.165) is 6.42 Å². The van der Waals surface area contributed by atoms with E-state index in [1.165, 1.54) is 10.4 Å². The Morgan fingerprint density at radius 2 is 1.52 bits per heavy atom. The van der Waals surface area contributed by atoms with Crippen LogP contribution in [-0.4, -0.2) is 75.1 Å². The van der Waals surface area contributed by atoms with Gasteiger partial charge in [0.05, 0.1) is 37.3 Å². The summed E-state index contributed by atoms with van der Waals surface area (Å²) >= 11 is 0. The lowest BCUT2D eigenvalue weighted by atomic mass is 9.58. The highest BCUT2D eigenvalue weighted by atomic mass is 28.4. The Labute approximate surface area is 262 Å². The van der Waals surface area contributed by atoms with Crippen LogP contribution in [0.2, 0.25) is 5.04 Å². The Morgan fingerprint density at radius 3 is 2.07 bits per heavy atom. The number of carbonyl (C=O) groups excluding carboxylic acids is 2. The van der Waals surface area contributed by atoms with Gasteiger partial charge in [0.2, 0.25) is 5.91 Å². The maximum atomic E-state index is 14.2. The molecule has 8 nitrogen and oxygen atoms in total. The number of benzene rings is 2. The molecule has 0 radical (unpaired) electrons. The monoisotopic (exact) mass is 620 g/mol. The van der Waals surface area contributed by atoms with Gasteiger partial charge in [-0.1, -0.05) is 81.4 Å². The molecule has 3 aliphatic heterocycles. The first-order valence-corrected chi connectivity index (χ1v) is 18.0. The van der Waals surface area contributed by atoms with Gasteiger partial charge < -0.3 is 24.0 Å². The predicted octanol–water partition coefficient (Wildman–Crippen LogP) is 4.60. The van der Waals surface area contributed by atoms with Crippen LogP contribution in [0.25, 0.3) is 0 Å². The van der Waals surface area contributed by atoms with Gasteiger partial charge in [0.15, 0.2) is 5.79 Å². The summed E-state index contributed by atoms with van der Waals surface area (Å²) in [7, 11) is -2.90. The molecule has 3 saturated heterocycles. The zero-order valence-corrected chi connectivity index (χ0v) is 28.1. The molecule has 1 saturated carbocycles. The van der Waals surface area contributed by atoms with Crippen molar-refractivity contribution in [2.75, 3.05) is 26.4 Å². The molecule has 0 bridgehead atoms. The standard InChI is InChI=1S/C35H48N2O6Si/c1-32(2,3)43-31(39)37-26(22-35-25(17-18-36-30(35)38)21-34(23-29(35)37)40-19-20-41-34)24-42-44(33(4,5)6,27-13-9-7-10-14-27)28-15-11-8-12-16-28/h7-16,25-26,29H,17-24H2,1-6H3,(H,36,38)/t25-,26+,29-,35-/m0/s1. The van der Waals surface area contributed by atoms with Crippen molar-refractivity contribution >= 4 is 30.7 Å². The maximum absolute atomic E-state index is 14.2. The lowest BCUT2D eigenvalue weighted by molar-refractivity contribution is -0.220. The van der Waals surface area contributed by atoms with Crippen LogP contribution >= 0.6 is 0 Å². The zero-order chi connectivity index (χ0) is 31.4. The van der Waals surface area contributed by atoms with Crippen LogP contribution in [0, 0.1) is 11.3 Å². The van der Waals surface area contributed by atoms with Gasteiger partial charge in [-0.3, -0.25) is 9.69 Å². The van der Waals surface area contributed by atoms with Crippen molar-refractivity contribution in [1.82, 2.24) is 10.2 Å². The average molecular weight is 621 g/mol. The van der Waals surface area contributed by atoms with Gasteiger partial charge in [-0.25, -0.2) is 4.79 Å². The Balaban J connectivity index is 1.44. The van der Waals surface area contributed by atoms with Crippen molar-refractivity contribution in [3.8, 4) is 0 Å². The fourth-order valence-corrected chi connectivity index (χ4v) is 13.1. The summed E-state index contributed by atoms with van der Waals surface area (Å²) in [5, 5.41) is 5.30. The Bertz CT molecular complexity index is 1310. The smallest absolute Gasteiger partial charge is 0.410 e. The number of piperidine rings is 1. The molecule has 9 heteroatoms. The fourth-order valence-electron chi connectivity index (χ4n) is 8.54. The minimum absolute atomic E-state index is 0.0214. The third kappa shape index (κ3) is 5.19. The lowest BCUT2D eigenvalue weighted by Crippen LogP contribution is -2.67. The SMILES string of the molecule is CC(C)(C)OC(=O)N1[C@@H](CO[Si](c2ccccc2)(c2ccccc2)C(C)(C)C)C[C@]23C(=O)NCC[C@H]2CC2(C[C@H]13)OCCO2. The molecule has 4 fully saturated rings. The number of ether oxygens (including phenoxy) is 3. The third-order valence-corrected chi connectivity index (χ3v) is 15.2. The molecule has 2 spiro atoms. The van der Waals surface area contributed by atoms with Crippen molar-refractivity contribution in [1.29, 1.82) is 0 Å². The van der Waals surface area contributed by atoms with Gasteiger partial charge in [0, 0.05) is 19.4 Å². The molecule has 238 valence electrons. The second-order valence-electron chi connectivity index (χ2n) is 15.0. The number of hydrogen-bond donors (Lipinski definition) is 1. The molecule has 1 aliphatic carbocycles. The van der Waals surface area contributed by atoms with Crippen LogP contribution in [0.5, 0.6) is 0 Å². The largest absolute Gasteiger partial charge is 0.444 e. The molecule has 2 amide bonds. The number of nitrogens with one attached hydrogen (secondary N) is 1. The Kier molecular flexibility index (Phi) is 8.00. The first kappa shape index (κ1) is 31.3. The molecule has 44 heavy (non-hydrogen) atoms. The quantitative estimate of drug-likeness (QED) is 0.492. The number of carbonyl (C=O) groups is 2. The molecule has 2 aromatic rings. The molecule has 6 rings (SSSR count). The van der Waals surface area contributed by atoms with E-state index < -0.39 is 37.3 Å². The van der Waals surface area contributed by atoms with Crippen molar-refractivity contribution in [3.05, 3.63) is 60.7 Å². The summed E-state index contributed by atoms with van der Waals surface area (Å²) in [5.41, 5.74) is -1.45. The third-order valence-electron chi connectivity index (χ3n) is 10.2. The van der Waals surface area contributed by atoms with Crippen LogP contribution in [0.4, 0.5) is 4.79 Å². The second kappa shape index (κ2) is 11.3. The normalized spacial score (nSPS) is 28.4. The number of likely N-dealkylation sites (tertiary alicyclic amines) is 1. The van der Waals surface area contributed by atoms with E-state index in [0.29, 0.717) is 45.6 Å². The van der Waals surface area contributed by atoms with Crippen molar-refractivity contribution in [3.63, 3.8) is 0 Å². The molecule has 4 atom stereocenters. The summed E-state index contributed by atoms with van der Waals surface area (Å²) in [4.78, 5) is 30.1. The minimum atomic E-state index is -2.90. The fraction of sp³-hybridized carbons (Fsp3) is 0.600. The van der Waals surface area contributed by atoms with Gasteiger partial charge in [-0.05, 0) is 54.9 Å². The molecule has 1 N–H and O–H groups in total. The van der Waals surface area contributed by atoms with Crippen molar-refractivity contribution in [2.24, 2.45) is 11.3 Å². The molecular weight excluding hydrogens is 572 g/mol. The number of hydrogen-bond acceptors (Lipinski definition) is 6. The van der Waals surface area contributed by atoms with Gasteiger partial charge in [0.25, 0.3) is 8.32 Å². The predicted molar refractivity (Wildman–Crippen MR) is 171 cm³/mol. The summed E-state index contributed by atoms with van der Waals surface area (Å²) in [6.07, 6.45) is 2.01. The highest BCUT2D eigenvalue weighted by molar-refractivity contribution is 6.99. The Morgan fingerprint density at radius 1 is 0.932 bits per heavy atom. The summed E-state index contributed by atoms with van der Waals surface area (Å²) in [5.74, 6) is -0.742. The van der Waals surface area contributed by atoms with E-state index in [1.807, 2.05) is 37.8 Å². The van der Waals surface area contributed by atoms with Crippen LogP contribution in [0.3, 0.4) is 0 Å². The van der Waals surface area contributed by atoms with Gasteiger partial charge >= 0.3 is 6.09 Å². The van der Waals surface area contributed by atoms with E-state index in [-0.39, 0.29) is 22.9 Å². The van der Waals surface area contributed by atoms with Crippen LogP contribution in [0.15, 0.2) is 60.7 Å². The van der Waals surface area contributed by atoms with Crippen molar-refractivity contribution < 1.29 is 28.2 Å². The first-order chi connectivity index (χ1) is 20.8. The number of rotatable bonds is 5. The molecule has 2 aromatic carbocycles. The van der Waals surface area contributed by atoms with Crippen LogP contribution < -0.4 is 15.7 Å². The Hall–Kier alpha value is -2.72. The molecule has 3 heterocycles. The maximum Gasteiger partial charge on any atom is 0.410 e. The van der Waals surface area contributed by atoms with E-state index in [2.05, 4.69) is 74.6 Å². The molecule has 0 unspecified atom stereocenters. The topological polar surface area (TPSA) is 86.3 Å². The van der Waals surface area contributed by atoms with E-state index in [4.69, 9.17) is 18.6 Å². The average Bonchev–Trinajstić information content (AvgIpc) is 3.55. The minimum Gasteiger partial charge on any atom is -0.444 e. The van der Waals surface area contributed by atoms with E-state index >= 15 is 0 Å². The summed E-state index contributed by atoms with van der Waals surface area (Å²) in [6, 6.07) is 20.3. The molecule has 0 aromatic heterocycles. The second-order valence-corrected chi connectivity index (χ2v) is 19.3. The summed E-state index contributed by atoms with van der Waals surface area (Å²) < 4.78 is 26.0. The highest BCUT2D eigenvalue weighted by Crippen LogP contribution is 2.59. The van der Waals surface area contributed by atoms with Crippen LogP contribution in [0.1, 0.15) is 67.2 Å². The van der Waals surface area contributed by atoms with Gasteiger partial charge in [-0.15, -0.1) is 0 Å². The molecular formula is C35H48N2O6Si. The van der Waals surface area contributed by atoms with Gasteiger partial charge in [0.1, 0.15) is 5.60 Å². The first-order valence-electron chi connectivity index (χ1n) is 16.1. The zero-order valence-electron chi connectivity index (χ0n) is 27.1. The van der Waals surface area contributed by atoms with Crippen molar-refractivity contribution in [2.45, 2.75) is 95.7 Å². The number of nitrogens with zero attached hydrogens (tertiary/aromatic N) is 1. The highest BCUT2D eigenvalue weighted by Gasteiger charge is 2.69. The van der Waals surface area contributed by atoms with E-state index in [9.17, 15) is 9.59 Å². The summed E-state index contributed by atoms with van der Waals surface area (Å²) in [6.45, 7) is 14.3. The van der Waals surface area contributed by atoms with Gasteiger partial charge in [-0.2, -0.15) is 0 Å². The molecule has 4 aliphatic rings. The number of amides is 2. The van der Waals surface area contributed by atoms with Crippen LogP contribution in [-0.2, 0) is 23.4 Å².